The number of ketones is 1. The van der Waals surface area contributed by atoms with E-state index in [-0.39, 0.29) is 5.69 Å². The van der Waals surface area contributed by atoms with Crippen LogP contribution in [0, 0.1) is 0 Å². The molecule has 2 aliphatic rings. The lowest BCUT2D eigenvalue weighted by atomic mass is 9.87. The van der Waals surface area contributed by atoms with Crippen LogP contribution in [-0.4, -0.2) is 33.7 Å². The van der Waals surface area contributed by atoms with Crippen LogP contribution in [0.25, 0.3) is 0 Å². The number of Topliss-reactive ketones (excluding diaryl/α,β-unsaturated/α-hetero) is 1. The molecule has 11 heteroatoms. The molecular formula is C19H13F3N4O3S. The number of alkyl halides is 3. The molecule has 0 saturated carbocycles. The maximum atomic E-state index is 13.6. The van der Waals surface area contributed by atoms with Gasteiger partial charge in [-0.1, -0.05) is 24.3 Å². The summed E-state index contributed by atoms with van der Waals surface area (Å²) in [5.74, 6) is -0.486. The van der Waals surface area contributed by atoms with Gasteiger partial charge in [0, 0.05) is 11.8 Å². The van der Waals surface area contributed by atoms with E-state index in [4.69, 9.17) is 0 Å². The van der Waals surface area contributed by atoms with Crippen molar-refractivity contribution in [2.75, 3.05) is 0 Å². The summed E-state index contributed by atoms with van der Waals surface area (Å²) in [7, 11) is -4.40. The molecular weight excluding hydrogens is 421 g/mol. The first-order chi connectivity index (χ1) is 14.1. The SMILES string of the molecule is CC12C(=O)c3[nH]ncc3C(c3ccccc31)N2S(=O)(=O)c1ccc(C(F)(F)F)nc1. The third-order valence-electron chi connectivity index (χ3n) is 5.67. The zero-order valence-corrected chi connectivity index (χ0v) is 16.1. The predicted molar refractivity (Wildman–Crippen MR) is 96.8 cm³/mol. The van der Waals surface area contributed by atoms with Gasteiger partial charge in [0.25, 0.3) is 0 Å². The Kier molecular flexibility index (Phi) is 3.64. The van der Waals surface area contributed by atoms with Crippen LogP contribution in [0.2, 0.25) is 0 Å². The van der Waals surface area contributed by atoms with Crippen LogP contribution in [0.3, 0.4) is 0 Å². The minimum absolute atomic E-state index is 0.218. The fourth-order valence-electron chi connectivity index (χ4n) is 4.32. The standard InChI is InChI=1S/C19H13F3N4O3S/c1-18-13-5-3-2-4-11(13)16(12-9-24-25-15(12)17(18)27)26(18)30(28,29)10-6-7-14(23-8-10)19(20,21)22/h2-9,16H,1H3,(H,24,25). The van der Waals surface area contributed by atoms with Crippen LogP contribution in [0.5, 0.6) is 0 Å². The van der Waals surface area contributed by atoms with Crippen molar-refractivity contribution in [3.05, 3.63) is 76.9 Å². The highest BCUT2D eigenvalue weighted by Crippen LogP contribution is 2.56. The van der Waals surface area contributed by atoms with Crippen molar-refractivity contribution in [3.63, 3.8) is 0 Å². The Morgan fingerprint density at radius 3 is 2.50 bits per heavy atom. The average Bonchev–Trinajstić information content (AvgIpc) is 3.27. The number of rotatable bonds is 2. The fourth-order valence-corrected chi connectivity index (χ4v) is 6.14. The number of nitrogens with zero attached hydrogens (tertiary/aromatic N) is 3. The number of hydrogen-bond donors (Lipinski definition) is 1. The summed E-state index contributed by atoms with van der Waals surface area (Å²) in [6, 6.07) is 7.47. The normalized spacial score (nSPS) is 23.3. The molecule has 0 fully saturated rings. The molecule has 2 aromatic heterocycles. The molecule has 30 heavy (non-hydrogen) atoms. The largest absolute Gasteiger partial charge is 0.433 e. The summed E-state index contributed by atoms with van der Waals surface area (Å²) < 4.78 is 66.8. The van der Waals surface area contributed by atoms with Gasteiger partial charge in [0.05, 0.1) is 12.2 Å². The Labute approximate surface area is 168 Å². The zero-order valence-electron chi connectivity index (χ0n) is 15.3. The van der Waals surface area contributed by atoms with E-state index in [1.807, 2.05) is 0 Å². The number of halogens is 3. The lowest BCUT2D eigenvalue weighted by Crippen LogP contribution is -2.52. The lowest BCUT2D eigenvalue weighted by Gasteiger charge is -2.39. The third-order valence-corrected chi connectivity index (χ3v) is 7.60. The van der Waals surface area contributed by atoms with Crippen molar-refractivity contribution in [2.45, 2.75) is 29.6 Å². The van der Waals surface area contributed by atoms with Crippen LogP contribution < -0.4 is 0 Å². The zero-order chi connectivity index (χ0) is 21.5. The summed E-state index contributed by atoms with van der Waals surface area (Å²) in [6.07, 6.45) is -2.63. The van der Waals surface area contributed by atoms with E-state index in [0.717, 1.165) is 10.4 Å². The molecule has 4 heterocycles. The number of sulfonamides is 1. The Hall–Kier alpha value is -3.05. The molecule has 1 aromatic carbocycles. The minimum atomic E-state index is -4.70. The van der Waals surface area contributed by atoms with E-state index in [1.165, 1.54) is 13.1 Å². The number of aromatic amines is 1. The van der Waals surface area contributed by atoms with Crippen molar-refractivity contribution in [1.82, 2.24) is 19.5 Å². The Bertz CT molecular complexity index is 1300. The third kappa shape index (κ3) is 2.24. The van der Waals surface area contributed by atoms with Crippen LogP contribution in [0.4, 0.5) is 13.2 Å². The first kappa shape index (κ1) is 18.9. The van der Waals surface area contributed by atoms with Crippen LogP contribution in [0.1, 0.15) is 45.8 Å². The summed E-state index contributed by atoms with van der Waals surface area (Å²) >= 11 is 0. The Morgan fingerprint density at radius 1 is 1.10 bits per heavy atom. The minimum Gasteiger partial charge on any atom is -0.290 e. The average molecular weight is 434 g/mol. The van der Waals surface area contributed by atoms with Gasteiger partial charge < -0.3 is 0 Å². The maximum Gasteiger partial charge on any atom is 0.433 e. The van der Waals surface area contributed by atoms with E-state index < -0.39 is 44.2 Å². The van der Waals surface area contributed by atoms with Gasteiger partial charge in [-0.2, -0.15) is 22.6 Å². The predicted octanol–water partition coefficient (Wildman–Crippen LogP) is 3.03. The number of carbonyl (C=O) groups excluding carboxylic acids is 1. The molecule has 0 amide bonds. The van der Waals surface area contributed by atoms with E-state index in [2.05, 4.69) is 15.2 Å². The quantitative estimate of drug-likeness (QED) is 0.669. The van der Waals surface area contributed by atoms with E-state index >= 15 is 0 Å². The summed E-state index contributed by atoms with van der Waals surface area (Å²) in [6.45, 7) is 1.49. The highest BCUT2D eigenvalue weighted by Gasteiger charge is 2.62. The van der Waals surface area contributed by atoms with Crippen molar-refractivity contribution < 1.29 is 26.4 Å². The molecule has 7 nitrogen and oxygen atoms in total. The number of hydrogen-bond acceptors (Lipinski definition) is 5. The highest BCUT2D eigenvalue weighted by atomic mass is 32.2. The van der Waals surface area contributed by atoms with E-state index in [1.54, 1.807) is 24.3 Å². The summed E-state index contributed by atoms with van der Waals surface area (Å²) in [5, 5.41) is 6.55. The second kappa shape index (κ2) is 5.76. The molecule has 3 aromatic rings. The van der Waals surface area contributed by atoms with Gasteiger partial charge in [0.2, 0.25) is 15.8 Å². The van der Waals surface area contributed by atoms with Crippen LogP contribution in [0.15, 0.2) is 53.7 Å². The van der Waals surface area contributed by atoms with Crippen molar-refractivity contribution >= 4 is 15.8 Å². The molecule has 2 bridgehead atoms. The number of aromatic nitrogens is 3. The van der Waals surface area contributed by atoms with Crippen molar-refractivity contribution in [3.8, 4) is 0 Å². The smallest absolute Gasteiger partial charge is 0.290 e. The second-order valence-electron chi connectivity index (χ2n) is 7.27. The molecule has 2 unspecified atom stereocenters. The maximum absolute atomic E-state index is 13.6. The number of nitrogens with one attached hydrogen (secondary N) is 1. The van der Waals surface area contributed by atoms with Crippen molar-refractivity contribution in [1.29, 1.82) is 0 Å². The molecule has 2 aliphatic heterocycles. The fraction of sp³-hybridized carbons (Fsp3) is 0.211. The lowest BCUT2D eigenvalue weighted by molar-refractivity contribution is -0.141. The molecule has 1 N–H and O–H groups in total. The summed E-state index contributed by atoms with van der Waals surface area (Å²) in [5.41, 5.74) is -1.03. The summed E-state index contributed by atoms with van der Waals surface area (Å²) in [4.78, 5) is 16.2. The van der Waals surface area contributed by atoms with Crippen LogP contribution in [-0.2, 0) is 21.7 Å². The molecule has 5 rings (SSSR count). The van der Waals surface area contributed by atoms with E-state index in [9.17, 15) is 26.4 Å². The number of pyridine rings is 1. The van der Waals surface area contributed by atoms with Gasteiger partial charge in [-0.25, -0.2) is 8.42 Å². The van der Waals surface area contributed by atoms with Gasteiger partial charge in [-0.15, -0.1) is 0 Å². The number of H-pyrrole nitrogens is 1. The first-order valence-electron chi connectivity index (χ1n) is 8.83. The van der Waals surface area contributed by atoms with Crippen molar-refractivity contribution in [2.24, 2.45) is 0 Å². The monoisotopic (exact) mass is 434 g/mol. The Balaban J connectivity index is 1.73. The topological polar surface area (TPSA) is 96.0 Å². The van der Waals surface area contributed by atoms with Gasteiger partial charge in [0.1, 0.15) is 21.8 Å². The first-order valence-corrected chi connectivity index (χ1v) is 10.3. The molecule has 154 valence electrons. The van der Waals surface area contributed by atoms with E-state index in [0.29, 0.717) is 29.0 Å². The van der Waals surface area contributed by atoms with Gasteiger partial charge in [0.15, 0.2) is 0 Å². The molecule has 0 radical (unpaired) electrons. The molecule has 0 saturated heterocycles. The van der Waals surface area contributed by atoms with Gasteiger partial charge in [-0.3, -0.25) is 14.9 Å². The molecule has 0 spiro atoms. The number of fused-ring (bicyclic) bond motifs is 7. The molecule has 2 atom stereocenters. The van der Waals surface area contributed by atoms with Crippen LogP contribution >= 0.6 is 0 Å². The second-order valence-corrected chi connectivity index (χ2v) is 9.08. The number of carbonyl (C=O) groups is 1. The van der Waals surface area contributed by atoms with Gasteiger partial charge in [-0.05, 0) is 30.2 Å². The Morgan fingerprint density at radius 2 is 1.83 bits per heavy atom. The van der Waals surface area contributed by atoms with Gasteiger partial charge >= 0.3 is 6.18 Å². The number of benzene rings is 1. The molecule has 0 aliphatic carbocycles. The highest BCUT2D eigenvalue weighted by molar-refractivity contribution is 7.89.